The maximum atomic E-state index is 12.1. The van der Waals surface area contributed by atoms with Crippen LogP contribution in [0.1, 0.15) is 58.8 Å². The lowest BCUT2D eigenvalue weighted by atomic mass is 9.68. The molecule has 0 aliphatic heterocycles. The Morgan fingerprint density at radius 2 is 2.15 bits per heavy atom. The molecule has 3 heteroatoms. The van der Waals surface area contributed by atoms with Gasteiger partial charge in [0.1, 0.15) is 0 Å². The zero-order valence-corrected chi connectivity index (χ0v) is 12.8. The summed E-state index contributed by atoms with van der Waals surface area (Å²) in [6.45, 7) is 4.17. The third-order valence-electron chi connectivity index (χ3n) is 4.77. The molecule has 0 amide bonds. The lowest BCUT2D eigenvalue weighted by Crippen LogP contribution is -2.30. The predicted molar refractivity (Wildman–Crippen MR) is 78.2 cm³/mol. The molecule has 0 bridgehead atoms. The van der Waals surface area contributed by atoms with E-state index in [1.54, 1.807) is 0 Å². The van der Waals surface area contributed by atoms with E-state index < -0.39 is 0 Å². The van der Waals surface area contributed by atoms with Crippen molar-refractivity contribution in [3.63, 3.8) is 0 Å². The summed E-state index contributed by atoms with van der Waals surface area (Å²) in [5, 5.41) is 0. The van der Waals surface area contributed by atoms with Crippen LogP contribution >= 0.6 is 0 Å². The molecule has 0 aromatic heterocycles. The van der Waals surface area contributed by atoms with Gasteiger partial charge in [0.05, 0.1) is 7.11 Å². The molecule has 0 saturated heterocycles. The Hall–Kier alpha value is -1.38. The van der Waals surface area contributed by atoms with Gasteiger partial charge < -0.3 is 4.74 Å². The lowest BCUT2D eigenvalue weighted by molar-refractivity contribution is -0.137. The molecule has 0 radical (unpaired) electrons. The van der Waals surface area contributed by atoms with Crippen molar-refractivity contribution >= 4 is 11.8 Å². The highest BCUT2D eigenvalue weighted by Crippen LogP contribution is 2.45. The van der Waals surface area contributed by atoms with Crippen LogP contribution in [0, 0.1) is 5.41 Å². The molecule has 0 spiro atoms. The summed E-state index contributed by atoms with van der Waals surface area (Å²) in [6, 6.07) is 0. The van der Waals surface area contributed by atoms with E-state index in [4.69, 9.17) is 4.74 Å². The quantitative estimate of drug-likeness (QED) is 0.735. The third-order valence-corrected chi connectivity index (χ3v) is 4.77. The minimum atomic E-state index is -0.198. The Balaban J connectivity index is 2.16. The Kier molecular flexibility index (Phi) is 4.46. The molecule has 0 aromatic rings. The second kappa shape index (κ2) is 5.94. The number of Topliss-reactive ketones (excluding diaryl/α,β-unsaturated/α-hetero) is 1. The van der Waals surface area contributed by atoms with E-state index in [0.717, 1.165) is 55.2 Å². The van der Waals surface area contributed by atoms with E-state index in [0.29, 0.717) is 6.42 Å². The van der Waals surface area contributed by atoms with Gasteiger partial charge in [0.25, 0.3) is 0 Å². The fraction of sp³-hybridized carbons (Fsp3) is 0.647. The molecular formula is C17H24O3. The number of hydrogen-bond acceptors (Lipinski definition) is 3. The first-order valence-corrected chi connectivity index (χ1v) is 7.49. The van der Waals surface area contributed by atoms with Crippen molar-refractivity contribution in [3.05, 3.63) is 22.8 Å². The predicted octanol–water partition coefficient (Wildman–Crippen LogP) is 3.74. The summed E-state index contributed by atoms with van der Waals surface area (Å²) in [5.41, 5.74) is 2.80. The summed E-state index contributed by atoms with van der Waals surface area (Å²) in [6.07, 6.45) is 8.31. The van der Waals surface area contributed by atoms with Crippen molar-refractivity contribution in [1.29, 1.82) is 0 Å². The molecule has 20 heavy (non-hydrogen) atoms. The molecule has 0 aromatic carbocycles. The SMILES string of the molecule is COC(=O)C1=C(C)CCC[C@@]1(C)CCC1=CCCC1=O. The minimum Gasteiger partial charge on any atom is -0.466 e. The van der Waals surface area contributed by atoms with Crippen molar-refractivity contribution < 1.29 is 14.3 Å². The number of ether oxygens (including phenoxy) is 1. The molecule has 2 rings (SSSR count). The normalized spacial score (nSPS) is 26.8. The van der Waals surface area contributed by atoms with Gasteiger partial charge in [0.15, 0.2) is 5.78 Å². The van der Waals surface area contributed by atoms with E-state index in [2.05, 4.69) is 13.0 Å². The van der Waals surface area contributed by atoms with Gasteiger partial charge in [-0.1, -0.05) is 18.6 Å². The van der Waals surface area contributed by atoms with Crippen molar-refractivity contribution in [2.75, 3.05) is 7.11 Å². The van der Waals surface area contributed by atoms with Crippen LogP contribution in [0.15, 0.2) is 22.8 Å². The summed E-state index contributed by atoms with van der Waals surface area (Å²) in [4.78, 5) is 23.8. The summed E-state index contributed by atoms with van der Waals surface area (Å²) >= 11 is 0. The second-order valence-corrected chi connectivity index (χ2v) is 6.25. The van der Waals surface area contributed by atoms with Crippen LogP contribution in [0.5, 0.6) is 0 Å². The van der Waals surface area contributed by atoms with Gasteiger partial charge in [-0.05, 0) is 56.4 Å². The van der Waals surface area contributed by atoms with Crippen LogP contribution in [-0.2, 0) is 14.3 Å². The highest BCUT2D eigenvalue weighted by molar-refractivity contribution is 5.97. The van der Waals surface area contributed by atoms with Gasteiger partial charge in [0, 0.05) is 12.0 Å². The first-order valence-electron chi connectivity index (χ1n) is 7.49. The smallest absolute Gasteiger partial charge is 0.334 e. The van der Waals surface area contributed by atoms with E-state index in [1.165, 1.54) is 7.11 Å². The van der Waals surface area contributed by atoms with E-state index in [9.17, 15) is 9.59 Å². The van der Waals surface area contributed by atoms with Crippen LogP contribution < -0.4 is 0 Å². The number of esters is 1. The van der Waals surface area contributed by atoms with Crippen molar-refractivity contribution in [2.24, 2.45) is 5.41 Å². The summed E-state index contributed by atoms with van der Waals surface area (Å²) < 4.78 is 4.97. The maximum Gasteiger partial charge on any atom is 0.334 e. The molecule has 3 nitrogen and oxygen atoms in total. The minimum absolute atomic E-state index is 0.154. The van der Waals surface area contributed by atoms with Gasteiger partial charge in [0.2, 0.25) is 0 Å². The number of ketones is 1. The van der Waals surface area contributed by atoms with Crippen LogP contribution in [0.25, 0.3) is 0 Å². The number of allylic oxidation sites excluding steroid dienone is 3. The number of hydrogen-bond donors (Lipinski definition) is 0. The Labute approximate surface area is 121 Å². The van der Waals surface area contributed by atoms with E-state index >= 15 is 0 Å². The average molecular weight is 276 g/mol. The fourth-order valence-electron chi connectivity index (χ4n) is 3.59. The molecular weight excluding hydrogens is 252 g/mol. The van der Waals surface area contributed by atoms with Crippen LogP contribution in [0.3, 0.4) is 0 Å². The van der Waals surface area contributed by atoms with E-state index in [1.807, 2.05) is 6.92 Å². The standard InChI is InChI=1S/C17H24O3/c1-12-6-5-10-17(2,15(12)16(19)20-3)11-9-13-7-4-8-14(13)18/h7H,4-6,8-11H2,1-3H3/t17-/m0/s1. The van der Waals surface area contributed by atoms with Crippen LogP contribution in [0.2, 0.25) is 0 Å². The monoisotopic (exact) mass is 276 g/mol. The molecule has 2 aliphatic carbocycles. The molecule has 0 fully saturated rings. The number of carbonyl (C=O) groups is 2. The Morgan fingerprint density at radius 1 is 1.40 bits per heavy atom. The van der Waals surface area contributed by atoms with Crippen LogP contribution in [0.4, 0.5) is 0 Å². The van der Waals surface area contributed by atoms with E-state index in [-0.39, 0.29) is 17.2 Å². The number of methoxy groups -OCH3 is 1. The van der Waals surface area contributed by atoms with Crippen LogP contribution in [-0.4, -0.2) is 18.9 Å². The number of carbonyl (C=O) groups excluding carboxylic acids is 2. The largest absolute Gasteiger partial charge is 0.466 e. The first-order chi connectivity index (χ1) is 9.48. The Bertz CT molecular complexity index is 484. The second-order valence-electron chi connectivity index (χ2n) is 6.25. The molecule has 0 saturated carbocycles. The highest BCUT2D eigenvalue weighted by atomic mass is 16.5. The highest BCUT2D eigenvalue weighted by Gasteiger charge is 2.38. The molecule has 110 valence electrons. The van der Waals surface area contributed by atoms with Crippen molar-refractivity contribution in [2.45, 2.75) is 58.8 Å². The number of rotatable bonds is 4. The van der Waals surface area contributed by atoms with Crippen molar-refractivity contribution in [1.82, 2.24) is 0 Å². The summed E-state index contributed by atoms with van der Waals surface area (Å²) in [7, 11) is 1.45. The molecule has 1 atom stereocenters. The van der Waals surface area contributed by atoms with Gasteiger partial charge in [-0.25, -0.2) is 4.79 Å². The molecule has 0 heterocycles. The maximum absolute atomic E-state index is 12.1. The molecule has 0 unspecified atom stereocenters. The van der Waals surface area contributed by atoms with Crippen molar-refractivity contribution in [3.8, 4) is 0 Å². The van der Waals surface area contributed by atoms with Gasteiger partial charge in [-0.15, -0.1) is 0 Å². The van der Waals surface area contributed by atoms with Gasteiger partial charge >= 0.3 is 5.97 Å². The zero-order chi connectivity index (χ0) is 14.8. The van der Waals surface area contributed by atoms with Gasteiger partial charge in [-0.2, -0.15) is 0 Å². The first kappa shape index (κ1) is 15.0. The van der Waals surface area contributed by atoms with Gasteiger partial charge in [-0.3, -0.25) is 4.79 Å². The average Bonchev–Trinajstić information content (AvgIpc) is 2.81. The molecule has 0 N–H and O–H groups in total. The molecule has 2 aliphatic rings. The fourth-order valence-corrected chi connectivity index (χ4v) is 3.59. The zero-order valence-electron chi connectivity index (χ0n) is 12.8. The Morgan fingerprint density at radius 3 is 2.75 bits per heavy atom. The summed E-state index contributed by atoms with van der Waals surface area (Å²) in [5.74, 6) is 0.0844. The lowest BCUT2D eigenvalue weighted by Gasteiger charge is -2.36. The topological polar surface area (TPSA) is 43.4 Å². The third kappa shape index (κ3) is 2.87.